The maximum atomic E-state index is 9.07. The number of hydrogen-bond acceptors (Lipinski definition) is 3. The molecule has 1 rings (SSSR count). The smallest absolute Gasteiger partial charge is 0.0464 e. The van der Waals surface area contributed by atoms with Crippen molar-refractivity contribution in [3.8, 4) is 0 Å². The number of aryl methyl sites for hydroxylation is 1. The number of rotatable bonds is 6. The van der Waals surface area contributed by atoms with Crippen molar-refractivity contribution in [2.24, 2.45) is 11.7 Å². The van der Waals surface area contributed by atoms with Crippen molar-refractivity contribution in [2.75, 3.05) is 12.4 Å². The van der Waals surface area contributed by atoms with Gasteiger partial charge in [0, 0.05) is 17.9 Å². The van der Waals surface area contributed by atoms with E-state index in [0.717, 1.165) is 5.75 Å². The van der Waals surface area contributed by atoms with E-state index >= 15 is 0 Å². The van der Waals surface area contributed by atoms with Gasteiger partial charge in [0.05, 0.1) is 0 Å². The minimum atomic E-state index is 0.118. The van der Waals surface area contributed by atoms with Crippen LogP contribution in [0.15, 0.2) is 24.3 Å². The lowest BCUT2D eigenvalue weighted by molar-refractivity contribution is 0.250. The van der Waals surface area contributed by atoms with Gasteiger partial charge in [-0.2, -0.15) is 11.8 Å². The molecule has 0 aliphatic rings. The first-order valence-corrected chi connectivity index (χ1v) is 7.14. The predicted molar refractivity (Wildman–Crippen MR) is 76.3 cm³/mol. The van der Waals surface area contributed by atoms with Gasteiger partial charge in [-0.1, -0.05) is 31.2 Å². The van der Waals surface area contributed by atoms with E-state index in [2.05, 4.69) is 38.1 Å². The summed E-state index contributed by atoms with van der Waals surface area (Å²) in [6, 6.07) is 8.51. The number of aliphatic hydroxyl groups is 1. The molecule has 0 aromatic heterocycles. The normalized spacial score (nSPS) is 16.5. The fraction of sp³-hybridized carbons (Fsp3) is 0.571. The molecular formula is C14H23NOS. The lowest BCUT2D eigenvalue weighted by Crippen LogP contribution is -2.24. The largest absolute Gasteiger partial charge is 0.396 e. The molecule has 0 bridgehead atoms. The van der Waals surface area contributed by atoms with Crippen LogP contribution in [0.3, 0.4) is 0 Å². The molecule has 0 heterocycles. The first-order valence-electron chi connectivity index (χ1n) is 6.09. The molecule has 1 aromatic rings. The van der Waals surface area contributed by atoms with Crippen LogP contribution in [-0.4, -0.2) is 23.5 Å². The molecule has 0 saturated carbocycles. The standard InChI is InChI=1S/C14H23NOS/c1-10(8-16)9-17-14(12(3)15)13-7-5-4-6-11(13)2/h4-7,10,12,14,16H,8-9,15H2,1-3H3. The second-order valence-corrected chi connectivity index (χ2v) is 5.93. The molecule has 3 unspecified atom stereocenters. The van der Waals surface area contributed by atoms with E-state index in [9.17, 15) is 0 Å². The van der Waals surface area contributed by atoms with Crippen LogP contribution in [0, 0.1) is 12.8 Å². The summed E-state index contributed by atoms with van der Waals surface area (Å²) >= 11 is 1.84. The third kappa shape index (κ3) is 4.34. The highest BCUT2D eigenvalue weighted by Gasteiger charge is 2.19. The summed E-state index contributed by atoms with van der Waals surface area (Å²) in [5, 5.41) is 9.38. The molecule has 0 fully saturated rings. The van der Waals surface area contributed by atoms with E-state index in [-0.39, 0.29) is 12.6 Å². The monoisotopic (exact) mass is 253 g/mol. The van der Waals surface area contributed by atoms with Crippen molar-refractivity contribution in [1.29, 1.82) is 0 Å². The van der Waals surface area contributed by atoms with Crippen LogP contribution >= 0.6 is 11.8 Å². The molecule has 0 spiro atoms. The lowest BCUT2D eigenvalue weighted by atomic mass is 10.0. The zero-order chi connectivity index (χ0) is 12.8. The molecule has 0 saturated heterocycles. The van der Waals surface area contributed by atoms with E-state index < -0.39 is 0 Å². The lowest BCUT2D eigenvalue weighted by Gasteiger charge is -2.23. The van der Waals surface area contributed by atoms with E-state index in [1.807, 2.05) is 18.7 Å². The van der Waals surface area contributed by atoms with Gasteiger partial charge < -0.3 is 10.8 Å². The van der Waals surface area contributed by atoms with Crippen LogP contribution < -0.4 is 5.73 Å². The zero-order valence-electron chi connectivity index (χ0n) is 10.9. The first kappa shape index (κ1) is 14.6. The molecule has 1 aromatic carbocycles. The van der Waals surface area contributed by atoms with Crippen molar-refractivity contribution in [3.05, 3.63) is 35.4 Å². The molecular weight excluding hydrogens is 230 g/mol. The highest BCUT2D eigenvalue weighted by Crippen LogP contribution is 2.34. The van der Waals surface area contributed by atoms with Gasteiger partial charge in [-0.15, -0.1) is 0 Å². The van der Waals surface area contributed by atoms with Crippen molar-refractivity contribution in [1.82, 2.24) is 0 Å². The molecule has 3 atom stereocenters. The summed E-state index contributed by atoms with van der Waals surface area (Å²) in [5.41, 5.74) is 8.69. The third-order valence-electron chi connectivity index (χ3n) is 2.84. The van der Waals surface area contributed by atoms with Gasteiger partial charge in [-0.05, 0) is 36.6 Å². The van der Waals surface area contributed by atoms with Crippen LogP contribution in [0.2, 0.25) is 0 Å². The van der Waals surface area contributed by atoms with Gasteiger partial charge in [0.1, 0.15) is 0 Å². The van der Waals surface area contributed by atoms with Crippen LogP contribution in [0.25, 0.3) is 0 Å². The molecule has 17 heavy (non-hydrogen) atoms. The highest BCUT2D eigenvalue weighted by molar-refractivity contribution is 7.99. The molecule has 96 valence electrons. The summed E-state index contributed by atoms with van der Waals surface area (Å²) in [4.78, 5) is 0. The van der Waals surface area contributed by atoms with Crippen LogP contribution in [0.1, 0.15) is 30.2 Å². The summed E-state index contributed by atoms with van der Waals surface area (Å²) in [6.45, 7) is 6.48. The second-order valence-electron chi connectivity index (χ2n) is 4.76. The van der Waals surface area contributed by atoms with E-state index in [1.54, 1.807) is 0 Å². The van der Waals surface area contributed by atoms with Gasteiger partial charge in [-0.3, -0.25) is 0 Å². The van der Waals surface area contributed by atoms with Crippen molar-refractivity contribution in [3.63, 3.8) is 0 Å². The SMILES string of the molecule is Cc1ccccc1C(SCC(C)CO)C(C)N. The number of nitrogens with two attached hydrogens (primary N) is 1. The zero-order valence-corrected chi connectivity index (χ0v) is 11.7. The maximum Gasteiger partial charge on any atom is 0.0464 e. The Morgan fingerprint density at radius 2 is 1.94 bits per heavy atom. The highest BCUT2D eigenvalue weighted by atomic mass is 32.2. The summed E-state index contributed by atoms with van der Waals surface area (Å²) in [5.74, 6) is 1.27. The third-order valence-corrected chi connectivity index (χ3v) is 4.65. The fourth-order valence-electron chi connectivity index (χ4n) is 1.75. The minimum absolute atomic E-state index is 0.118. The van der Waals surface area contributed by atoms with E-state index in [4.69, 9.17) is 10.8 Å². The van der Waals surface area contributed by atoms with Crippen LogP contribution in [-0.2, 0) is 0 Å². The summed E-state index contributed by atoms with van der Waals surface area (Å²) in [6.07, 6.45) is 0. The van der Waals surface area contributed by atoms with Crippen molar-refractivity contribution < 1.29 is 5.11 Å². The van der Waals surface area contributed by atoms with E-state index in [0.29, 0.717) is 11.2 Å². The summed E-state index contributed by atoms with van der Waals surface area (Å²) < 4.78 is 0. The Kier molecular flexibility index (Phi) is 6.03. The van der Waals surface area contributed by atoms with Crippen molar-refractivity contribution >= 4 is 11.8 Å². The molecule has 3 N–H and O–H groups in total. The Hall–Kier alpha value is -0.510. The van der Waals surface area contributed by atoms with Gasteiger partial charge in [-0.25, -0.2) is 0 Å². The average Bonchev–Trinajstić information content (AvgIpc) is 2.30. The Labute approximate surface area is 109 Å². The first-order chi connectivity index (χ1) is 8.06. The topological polar surface area (TPSA) is 46.2 Å². The minimum Gasteiger partial charge on any atom is -0.396 e. The predicted octanol–water partition coefficient (Wildman–Crippen LogP) is 2.74. The number of thioether (sulfide) groups is 1. The number of hydrogen-bond donors (Lipinski definition) is 2. The molecule has 2 nitrogen and oxygen atoms in total. The Bertz CT molecular complexity index is 341. The maximum absolute atomic E-state index is 9.07. The molecule has 3 heteroatoms. The van der Waals surface area contributed by atoms with Gasteiger partial charge in [0.15, 0.2) is 0 Å². The second kappa shape index (κ2) is 7.04. The Morgan fingerprint density at radius 3 is 2.47 bits per heavy atom. The number of aliphatic hydroxyl groups excluding tert-OH is 1. The average molecular weight is 253 g/mol. The summed E-state index contributed by atoms with van der Waals surface area (Å²) in [7, 11) is 0. The van der Waals surface area contributed by atoms with Gasteiger partial charge in [0.2, 0.25) is 0 Å². The fourth-order valence-corrected chi connectivity index (χ4v) is 3.14. The van der Waals surface area contributed by atoms with E-state index in [1.165, 1.54) is 11.1 Å². The molecule has 0 radical (unpaired) electrons. The van der Waals surface area contributed by atoms with Crippen LogP contribution in [0.4, 0.5) is 0 Å². The molecule has 0 aliphatic heterocycles. The van der Waals surface area contributed by atoms with Gasteiger partial charge >= 0.3 is 0 Å². The van der Waals surface area contributed by atoms with Gasteiger partial charge in [0.25, 0.3) is 0 Å². The Balaban J connectivity index is 2.76. The quantitative estimate of drug-likeness (QED) is 0.819. The number of benzene rings is 1. The molecule has 0 amide bonds. The Morgan fingerprint density at radius 1 is 1.29 bits per heavy atom. The van der Waals surface area contributed by atoms with Crippen LogP contribution in [0.5, 0.6) is 0 Å². The molecule has 0 aliphatic carbocycles. The van der Waals surface area contributed by atoms with Crippen molar-refractivity contribution in [2.45, 2.75) is 32.1 Å².